The second kappa shape index (κ2) is 3.91. The fourth-order valence-electron chi connectivity index (χ4n) is 1.35. The van der Waals surface area contributed by atoms with Crippen LogP contribution in [0.5, 0.6) is 0 Å². The number of pyridine rings is 1. The summed E-state index contributed by atoms with van der Waals surface area (Å²) in [5, 5.41) is 0.768. The first-order valence-corrected chi connectivity index (χ1v) is 5.02. The van der Waals surface area contributed by atoms with E-state index in [1.165, 1.54) is 0 Å². The summed E-state index contributed by atoms with van der Waals surface area (Å²) in [4.78, 5) is 4.04. The maximum absolute atomic E-state index is 6.05. The number of nitrogen functional groups attached to an aromatic ring is 1. The number of nitrogens with zero attached hydrogens (tertiary/aromatic N) is 1. The molecular formula is C12H11ClN2. The van der Waals surface area contributed by atoms with Gasteiger partial charge in [-0.2, -0.15) is 0 Å². The highest BCUT2D eigenvalue weighted by molar-refractivity contribution is 6.31. The Morgan fingerprint density at radius 1 is 1.13 bits per heavy atom. The van der Waals surface area contributed by atoms with Gasteiger partial charge in [-0.25, -0.2) is 4.98 Å². The largest absolute Gasteiger partial charge is 0.384 e. The van der Waals surface area contributed by atoms with Gasteiger partial charge < -0.3 is 5.73 Å². The average molecular weight is 219 g/mol. The van der Waals surface area contributed by atoms with E-state index in [4.69, 9.17) is 17.3 Å². The Morgan fingerprint density at radius 3 is 2.47 bits per heavy atom. The summed E-state index contributed by atoms with van der Waals surface area (Å²) < 4.78 is 0. The Hall–Kier alpha value is -1.54. The van der Waals surface area contributed by atoms with Gasteiger partial charge in [0, 0.05) is 16.8 Å². The summed E-state index contributed by atoms with van der Waals surface area (Å²) in [7, 11) is 0. The van der Waals surface area contributed by atoms with Crippen LogP contribution in [0, 0.1) is 6.92 Å². The maximum Gasteiger partial charge on any atom is 0.123 e. The van der Waals surface area contributed by atoms with Crippen LogP contribution in [0.1, 0.15) is 5.56 Å². The minimum atomic E-state index is 0.525. The van der Waals surface area contributed by atoms with Gasteiger partial charge in [0.05, 0.1) is 0 Å². The number of hydrogen-bond acceptors (Lipinski definition) is 2. The lowest BCUT2D eigenvalue weighted by atomic mass is 10.1. The van der Waals surface area contributed by atoms with Crippen LogP contribution in [-0.4, -0.2) is 4.98 Å². The molecule has 0 saturated heterocycles. The third kappa shape index (κ3) is 2.10. The number of halogens is 1. The van der Waals surface area contributed by atoms with Gasteiger partial charge in [-0.15, -0.1) is 0 Å². The van der Waals surface area contributed by atoms with Gasteiger partial charge in [-0.05, 0) is 36.2 Å². The van der Waals surface area contributed by atoms with Crippen LogP contribution in [0.2, 0.25) is 5.02 Å². The predicted octanol–water partition coefficient (Wildman–Crippen LogP) is 3.29. The molecule has 1 heterocycles. The SMILES string of the molecule is Cc1ccc(-c2ccc(N)nc2)cc1Cl. The molecule has 0 aliphatic heterocycles. The van der Waals surface area contributed by atoms with Crippen LogP contribution in [-0.2, 0) is 0 Å². The predicted molar refractivity (Wildman–Crippen MR) is 63.8 cm³/mol. The first kappa shape index (κ1) is 9.99. The van der Waals surface area contributed by atoms with Crippen LogP contribution in [0.3, 0.4) is 0 Å². The summed E-state index contributed by atoms with van der Waals surface area (Å²) in [6.07, 6.45) is 1.75. The average Bonchev–Trinajstić information content (AvgIpc) is 2.23. The van der Waals surface area contributed by atoms with Crippen molar-refractivity contribution in [1.29, 1.82) is 0 Å². The second-order valence-corrected chi connectivity index (χ2v) is 3.84. The van der Waals surface area contributed by atoms with Crippen LogP contribution in [0.25, 0.3) is 11.1 Å². The van der Waals surface area contributed by atoms with Crippen LogP contribution in [0.4, 0.5) is 5.82 Å². The molecule has 0 atom stereocenters. The molecule has 1 aromatic carbocycles. The van der Waals surface area contributed by atoms with E-state index < -0.39 is 0 Å². The summed E-state index contributed by atoms with van der Waals surface area (Å²) in [6, 6.07) is 9.67. The van der Waals surface area contributed by atoms with Crippen molar-refractivity contribution in [3.05, 3.63) is 47.1 Å². The number of benzene rings is 1. The number of aryl methyl sites for hydroxylation is 1. The van der Waals surface area contributed by atoms with E-state index in [0.29, 0.717) is 5.82 Å². The highest BCUT2D eigenvalue weighted by Crippen LogP contribution is 2.24. The van der Waals surface area contributed by atoms with Crippen molar-refractivity contribution < 1.29 is 0 Å². The molecule has 0 radical (unpaired) electrons. The van der Waals surface area contributed by atoms with Gasteiger partial charge in [0.1, 0.15) is 5.82 Å². The maximum atomic E-state index is 6.05. The van der Waals surface area contributed by atoms with Crippen LogP contribution < -0.4 is 5.73 Å². The molecule has 76 valence electrons. The molecule has 0 amide bonds. The highest BCUT2D eigenvalue weighted by atomic mass is 35.5. The van der Waals surface area contributed by atoms with Crippen LogP contribution in [0.15, 0.2) is 36.5 Å². The minimum Gasteiger partial charge on any atom is -0.384 e. The van der Waals surface area contributed by atoms with E-state index >= 15 is 0 Å². The van der Waals surface area contributed by atoms with Gasteiger partial charge in [0.25, 0.3) is 0 Å². The van der Waals surface area contributed by atoms with E-state index in [1.807, 2.05) is 31.2 Å². The fourth-order valence-corrected chi connectivity index (χ4v) is 1.53. The number of nitrogens with two attached hydrogens (primary N) is 1. The van der Waals surface area contributed by atoms with E-state index in [2.05, 4.69) is 4.98 Å². The second-order valence-electron chi connectivity index (χ2n) is 3.44. The summed E-state index contributed by atoms with van der Waals surface area (Å²) in [5.74, 6) is 0.525. The first-order valence-electron chi connectivity index (χ1n) is 4.65. The molecular weight excluding hydrogens is 208 g/mol. The van der Waals surface area contributed by atoms with Crippen molar-refractivity contribution in [3.8, 4) is 11.1 Å². The zero-order valence-corrected chi connectivity index (χ0v) is 9.12. The Kier molecular flexibility index (Phi) is 2.60. The smallest absolute Gasteiger partial charge is 0.123 e. The monoisotopic (exact) mass is 218 g/mol. The lowest BCUT2D eigenvalue weighted by molar-refractivity contribution is 1.33. The summed E-state index contributed by atoms with van der Waals surface area (Å²) in [5.41, 5.74) is 8.67. The lowest BCUT2D eigenvalue weighted by Crippen LogP contribution is -1.89. The standard InChI is InChI=1S/C12H11ClN2/c1-8-2-3-9(6-11(8)13)10-4-5-12(14)15-7-10/h2-7H,1H3,(H2,14,15). The van der Waals surface area contributed by atoms with E-state index in [9.17, 15) is 0 Å². The lowest BCUT2D eigenvalue weighted by Gasteiger charge is -2.04. The molecule has 15 heavy (non-hydrogen) atoms. The van der Waals surface area contributed by atoms with Gasteiger partial charge in [0.15, 0.2) is 0 Å². The van der Waals surface area contributed by atoms with Gasteiger partial charge >= 0.3 is 0 Å². The van der Waals surface area contributed by atoms with Crippen LogP contribution >= 0.6 is 11.6 Å². The minimum absolute atomic E-state index is 0.525. The zero-order chi connectivity index (χ0) is 10.8. The Morgan fingerprint density at radius 2 is 1.87 bits per heavy atom. The molecule has 0 unspecified atom stereocenters. The number of rotatable bonds is 1. The Balaban J connectivity index is 2.45. The number of aromatic nitrogens is 1. The molecule has 0 fully saturated rings. The fraction of sp³-hybridized carbons (Fsp3) is 0.0833. The summed E-state index contributed by atoms with van der Waals surface area (Å²) >= 11 is 6.05. The number of hydrogen-bond donors (Lipinski definition) is 1. The van der Waals surface area contributed by atoms with Crippen molar-refractivity contribution >= 4 is 17.4 Å². The van der Waals surface area contributed by atoms with Gasteiger partial charge in [-0.3, -0.25) is 0 Å². The molecule has 0 saturated carbocycles. The van der Waals surface area contributed by atoms with Crippen molar-refractivity contribution in [2.24, 2.45) is 0 Å². The van der Waals surface area contributed by atoms with E-state index in [0.717, 1.165) is 21.7 Å². The molecule has 0 spiro atoms. The van der Waals surface area contributed by atoms with Gasteiger partial charge in [-0.1, -0.05) is 23.7 Å². The molecule has 0 bridgehead atoms. The third-order valence-electron chi connectivity index (χ3n) is 2.29. The molecule has 2 rings (SSSR count). The molecule has 2 N–H and O–H groups in total. The summed E-state index contributed by atoms with van der Waals surface area (Å²) in [6.45, 7) is 1.98. The van der Waals surface area contributed by atoms with Gasteiger partial charge in [0.2, 0.25) is 0 Å². The topological polar surface area (TPSA) is 38.9 Å². The molecule has 0 aliphatic carbocycles. The van der Waals surface area contributed by atoms with Crippen molar-refractivity contribution in [2.75, 3.05) is 5.73 Å². The quantitative estimate of drug-likeness (QED) is 0.798. The van der Waals surface area contributed by atoms with E-state index in [1.54, 1.807) is 12.3 Å². The Bertz CT molecular complexity index is 477. The normalized spacial score (nSPS) is 10.3. The molecule has 2 nitrogen and oxygen atoms in total. The van der Waals surface area contributed by atoms with Crippen molar-refractivity contribution in [2.45, 2.75) is 6.92 Å². The third-order valence-corrected chi connectivity index (χ3v) is 2.70. The van der Waals surface area contributed by atoms with Crippen molar-refractivity contribution in [3.63, 3.8) is 0 Å². The molecule has 1 aromatic heterocycles. The molecule has 2 aromatic rings. The highest BCUT2D eigenvalue weighted by Gasteiger charge is 2.00. The van der Waals surface area contributed by atoms with Crippen molar-refractivity contribution in [1.82, 2.24) is 4.98 Å². The zero-order valence-electron chi connectivity index (χ0n) is 8.37. The molecule has 3 heteroatoms. The number of anilines is 1. The van der Waals surface area contributed by atoms with E-state index in [-0.39, 0.29) is 0 Å². The molecule has 0 aliphatic rings. The Labute approximate surface area is 93.7 Å². The first-order chi connectivity index (χ1) is 7.16.